The van der Waals surface area contributed by atoms with Crippen LogP contribution in [0.3, 0.4) is 0 Å². The molecule has 2 aliphatic rings. The van der Waals surface area contributed by atoms with Crippen LogP contribution in [-0.2, 0) is 0 Å². The lowest BCUT2D eigenvalue weighted by molar-refractivity contribution is 0.745. The summed E-state index contributed by atoms with van der Waals surface area (Å²) in [5, 5.41) is 9.45. The first-order valence-electron chi connectivity index (χ1n) is 18.2. The molecule has 2 unspecified atom stereocenters. The third-order valence-electron chi connectivity index (χ3n) is 10.9. The number of rotatable bonds is 4. The van der Waals surface area contributed by atoms with Crippen LogP contribution in [0, 0.1) is 0 Å². The standard InChI is InChI=1S/C49H32N4/c1-3-13-33-25-39(23-21-31(33)11-1)47-50-48(40-24-22-32-12-2-4-14-34(32)26-40)52-49(51-47)43-28-36-16-6-8-18-38(36)30-46(43)53-44-20-10-9-19-41(44)42-27-35-15-5-7-17-37(35)29-45(42)53/h1-30,41,44H. The molecule has 2 heterocycles. The molecule has 4 heteroatoms. The number of anilines is 2. The summed E-state index contributed by atoms with van der Waals surface area (Å²) in [6.07, 6.45) is 9.04. The van der Waals surface area contributed by atoms with Crippen LogP contribution in [0.1, 0.15) is 11.5 Å². The zero-order valence-electron chi connectivity index (χ0n) is 28.8. The summed E-state index contributed by atoms with van der Waals surface area (Å²) in [6, 6.07) is 56.5. The number of benzene rings is 8. The van der Waals surface area contributed by atoms with E-state index in [-0.39, 0.29) is 12.0 Å². The Morgan fingerprint density at radius 3 is 1.42 bits per heavy atom. The fourth-order valence-electron chi connectivity index (χ4n) is 8.32. The lowest BCUT2D eigenvalue weighted by Crippen LogP contribution is -2.29. The topological polar surface area (TPSA) is 41.9 Å². The predicted molar refractivity (Wildman–Crippen MR) is 220 cm³/mol. The summed E-state index contributed by atoms with van der Waals surface area (Å²) in [5.41, 5.74) is 6.50. The highest BCUT2D eigenvalue weighted by atomic mass is 15.2. The van der Waals surface area contributed by atoms with Gasteiger partial charge in [-0.15, -0.1) is 0 Å². The quantitative estimate of drug-likeness (QED) is 0.186. The summed E-state index contributed by atoms with van der Waals surface area (Å²) < 4.78 is 0. The van der Waals surface area contributed by atoms with Crippen LogP contribution in [0.2, 0.25) is 0 Å². The molecule has 0 bridgehead atoms. The first kappa shape index (κ1) is 29.8. The van der Waals surface area contributed by atoms with Crippen molar-refractivity contribution < 1.29 is 0 Å². The van der Waals surface area contributed by atoms with Crippen LogP contribution in [-0.4, -0.2) is 21.0 Å². The Bertz CT molecular complexity index is 2900. The van der Waals surface area contributed by atoms with E-state index < -0.39 is 0 Å². The molecule has 53 heavy (non-hydrogen) atoms. The van der Waals surface area contributed by atoms with Gasteiger partial charge in [0.25, 0.3) is 0 Å². The Morgan fingerprint density at radius 1 is 0.377 bits per heavy atom. The third kappa shape index (κ3) is 4.95. The predicted octanol–water partition coefficient (Wildman–Crippen LogP) is 12.2. The van der Waals surface area contributed by atoms with E-state index in [4.69, 9.17) is 15.0 Å². The molecule has 248 valence electrons. The fourth-order valence-corrected chi connectivity index (χ4v) is 8.32. The van der Waals surface area contributed by atoms with E-state index in [0.29, 0.717) is 17.5 Å². The molecule has 4 nitrogen and oxygen atoms in total. The first-order valence-corrected chi connectivity index (χ1v) is 18.2. The Balaban J connectivity index is 1.18. The van der Waals surface area contributed by atoms with Crippen molar-refractivity contribution in [2.45, 2.75) is 12.0 Å². The van der Waals surface area contributed by atoms with Gasteiger partial charge in [-0.05, 0) is 85.1 Å². The number of hydrogen-bond donors (Lipinski definition) is 0. The van der Waals surface area contributed by atoms with Gasteiger partial charge in [0.15, 0.2) is 17.5 Å². The van der Waals surface area contributed by atoms with E-state index in [2.05, 4.69) is 187 Å². The van der Waals surface area contributed by atoms with Crippen molar-refractivity contribution in [3.05, 3.63) is 188 Å². The highest BCUT2D eigenvalue weighted by Gasteiger charge is 2.39. The van der Waals surface area contributed by atoms with Crippen LogP contribution in [0.5, 0.6) is 0 Å². The molecular weight excluding hydrogens is 645 g/mol. The minimum atomic E-state index is 0.105. The largest absolute Gasteiger partial charge is 0.333 e. The molecule has 0 saturated heterocycles. The van der Waals surface area contributed by atoms with E-state index in [9.17, 15) is 0 Å². The number of hydrogen-bond acceptors (Lipinski definition) is 4. The summed E-state index contributed by atoms with van der Waals surface area (Å²) in [4.78, 5) is 18.4. The minimum absolute atomic E-state index is 0.105. The monoisotopic (exact) mass is 676 g/mol. The highest BCUT2D eigenvalue weighted by Crippen LogP contribution is 2.51. The molecule has 11 rings (SSSR count). The summed E-state index contributed by atoms with van der Waals surface area (Å²) in [5.74, 6) is 2.16. The highest BCUT2D eigenvalue weighted by molar-refractivity contribution is 5.99. The summed E-state index contributed by atoms with van der Waals surface area (Å²) >= 11 is 0. The molecule has 1 aliphatic heterocycles. The van der Waals surface area contributed by atoms with Gasteiger partial charge < -0.3 is 4.90 Å². The van der Waals surface area contributed by atoms with E-state index in [1.54, 1.807) is 0 Å². The van der Waals surface area contributed by atoms with Crippen molar-refractivity contribution in [1.82, 2.24) is 15.0 Å². The average molecular weight is 677 g/mol. The number of aromatic nitrogens is 3. The molecule has 0 fully saturated rings. The van der Waals surface area contributed by atoms with E-state index in [0.717, 1.165) is 38.5 Å². The number of fused-ring (bicyclic) bond motifs is 7. The van der Waals surface area contributed by atoms with Crippen LogP contribution in [0.25, 0.3) is 77.3 Å². The van der Waals surface area contributed by atoms with E-state index >= 15 is 0 Å². The lowest BCUT2D eigenvalue weighted by atomic mass is 9.90. The van der Waals surface area contributed by atoms with Crippen molar-refractivity contribution in [3.63, 3.8) is 0 Å². The van der Waals surface area contributed by atoms with Crippen LogP contribution in [0.15, 0.2) is 182 Å². The minimum Gasteiger partial charge on any atom is -0.333 e. The Morgan fingerprint density at radius 2 is 0.830 bits per heavy atom. The Kier molecular flexibility index (Phi) is 6.65. The molecule has 0 amide bonds. The Labute approximate surface area is 307 Å². The van der Waals surface area contributed by atoms with E-state index in [1.165, 1.54) is 38.2 Å². The van der Waals surface area contributed by atoms with Gasteiger partial charge in [-0.3, -0.25) is 0 Å². The maximum Gasteiger partial charge on any atom is 0.166 e. The molecule has 0 saturated carbocycles. The summed E-state index contributed by atoms with van der Waals surface area (Å²) in [7, 11) is 0. The van der Waals surface area contributed by atoms with Crippen LogP contribution in [0.4, 0.5) is 11.4 Å². The second kappa shape index (κ2) is 11.8. The second-order valence-electron chi connectivity index (χ2n) is 14.1. The van der Waals surface area contributed by atoms with Gasteiger partial charge in [-0.25, -0.2) is 15.0 Å². The molecular formula is C49H32N4. The number of nitrogens with zero attached hydrogens (tertiary/aromatic N) is 4. The molecule has 8 aromatic carbocycles. The zero-order valence-corrected chi connectivity index (χ0v) is 28.8. The van der Waals surface area contributed by atoms with Crippen LogP contribution < -0.4 is 4.90 Å². The molecule has 1 aliphatic carbocycles. The SMILES string of the molecule is C1=CC2c3cc4ccccc4cc3N(c3cc4ccccc4cc3-c3nc(-c4ccc5ccccc5c4)nc(-c4ccc5ccccc5c4)n3)C2C=C1. The molecule has 0 N–H and O–H groups in total. The van der Waals surface area contributed by atoms with Gasteiger partial charge >= 0.3 is 0 Å². The van der Waals surface area contributed by atoms with Crippen molar-refractivity contribution in [3.8, 4) is 34.2 Å². The van der Waals surface area contributed by atoms with Crippen LogP contribution >= 0.6 is 0 Å². The van der Waals surface area contributed by atoms with Crippen molar-refractivity contribution in [1.29, 1.82) is 0 Å². The maximum absolute atomic E-state index is 5.34. The van der Waals surface area contributed by atoms with Gasteiger partial charge in [-0.1, -0.05) is 146 Å². The normalized spacial score (nSPS) is 16.1. The smallest absolute Gasteiger partial charge is 0.166 e. The maximum atomic E-state index is 5.34. The fraction of sp³-hybridized carbons (Fsp3) is 0.0408. The molecule has 0 spiro atoms. The van der Waals surface area contributed by atoms with E-state index in [1.807, 2.05) is 0 Å². The van der Waals surface area contributed by atoms with Crippen molar-refractivity contribution in [2.24, 2.45) is 0 Å². The second-order valence-corrected chi connectivity index (χ2v) is 14.1. The molecule has 2 atom stereocenters. The molecule has 9 aromatic rings. The Hall–Kier alpha value is -6.91. The lowest BCUT2D eigenvalue weighted by Gasteiger charge is -2.30. The van der Waals surface area contributed by atoms with Crippen molar-refractivity contribution in [2.75, 3.05) is 4.90 Å². The molecule has 1 aromatic heterocycles. The summed E-state index contributed by atoms with van der Waals surface area (Å²) in [6.45, 7) is 0. The zero-order chi connectivity index (χ0) is 34.9. The van der Waals surface area contributed by atoms with Gasteiger partial charge in [0.1, 0.15) is 0 Å². The van der Waals surface area contributed by atoms with Gasteiger partial charge in [0.05, 0.1) is 11.7 Å². The van der Waals surface area contributed by atoms with Gasteiger partial charge in [0.2, 0.25) is 0 Å². The molecule has 0 radical (unpaired) electrons. The third-order valence-corrected chi connectivity index (χ3v) is 10.9. The first-order chi connectivity index (χ1) is 26.2. The number of allylic oxidation sites excluding steroid dienone is 2. The average Bonchev–Trinajstić information content (AvgIpc) is 3.54. The van der Waals surface area contributed by atoms with Gasteiger partial charge in [-0.2, -0.15) is 0 Å². The van der Waals surface area contributed by atoms with Crippen molar-refractivity contribution >= 4 is 54.5 Å². The van der Waals surface area contributed by atoms with Gasteiger partial charge in [0, 0.05) is 28.3 Å².